The fraction of sp³-hybridized carbons (Fsp3) is 0.294. The largest absolute Gasteiger partial charge is 0.497 e. The van der Waals surface area contributed by atoms with Crippen molar-refractivity contribution in [2.45, 2.75) is 19.5 Å². The Labute approximate surface area is 134 Å². The Morgan fingerprint density at radius 3 is 2.52 bits per heavy atom. The second-order valence-corrected chi connectivity index (χ2v) is 5.66. The van der Waals surface area contributed by atoms with E-state index in [9.17, 15) is 0 Å². The van der Waals surface area contributed by atoms with Crippen LogP contribution in [0.3, 0.4) is 0 Å². The van der Waals surface area contributed by atoms with Crippen molar-refractivity contribution in [2.24, 2.45) is 0 Å². The third kappa shape index (κ3) is 3.99. The highest BCUT2D eigenvalue weighted by Crippen LogP contribution is 2.26. The summed E-state index contributed by atoms with van der Waals surface area (Å²) in [6.07, 6.45) is 0. The number of halogens is 1. The molecule has 0 aromatic heterocycles. The van der Waals surface area contributed by atoms with Crippen molar-refractivity contribution in [3.8, 4) is 11.5 Å². The van der Waals surface area contributed by atoms with Crippen LogP contribution in [-0.2, 0) is 6.54 Å². The van der Waals surface area contributed by atoms with E-state index in [1.807, 2.05) is 30.3 Å². The minimum absolute atomic E-state index is 0.233. The quantitative estimate of drug-likeness (QED) is 0.842. The van der Waals surface area contributed by atoms with E-state index >= 15 is 0 Å². The number of benzene rings is 2. The molecule has 0 saturated heterocycles. The van der Waals surface area contributed by atoms with Gasteiger partial charge in [0, 0.05) is 22.6 Å². The zero-order valence-corrected chi connectivity index (χ0v) is 14.1. The summed E-state index contributed by atoms with van der Waals surface area (Å²) in [5.74, 6) is 1.70. The topological polar surface area (TPSA) is 30.5 Å². The highest BCUT2D eigenvalue weighted by molar-refractivity contribution is 9.10. The average Bonchev–Trinajstić information content (AvgIpc) is 2.52. The highest BCUT2D eigenvalue weighted by atomic mass is 79.9. The Balaban J connectivity index is 2.10. The molecule has 3 nitrogen and oxygen atoms in total. The van der Waals surface area contributed by atoms with Gasteiger partial charge in [0.1, 0.15) is 11.5 Å². The molecule has 0 unspecified atom stereocenters. The van der Waals surface area contributed by atoms with Crippen LogP contribution in [0.2, 0.25) is 0 Å². The van der Waals surface area contributed by atoms with Gasteiger partial charge in [0.15, 0.2) is 0 Å². The summed E-state index contributed by atoms with van der Waals surface area (Å²) < 4.78 is 11.8. The molecular formula is C17H20BrNO2. The molecular weight excluding hydrogens is 330 g/mol. The Bertz CT molecular complexity index is 601. The second-order valence-electron chi connectivity index (χ2n) is 4.80. The SMILES string of the molecule is COc1ccc(OC)c(CN[C@H](C)c2ccccc2Br)c1. The zero-order valence-electron chi connectivity index (χ0n) is 12.5. The van der Waals surface area contributed by atoms with E-state index in [1.54, 1.807) is 14.2 Å². The molecule has 21 heavy (non-hydrogen) atoms. The van der Waals surface area contributed by atoms with Crippen molar-refractivity contribution in [1.82, 2.24) is 5.32 Å². The van der Waals surface area contributed by atoms with Crippen molar-refractivity contribution in [2.75, 3.05) is 14.2 Å². The van der Waals surface area contributed by atoms with E-state index in [2.05, 4.69) is 40.3 Å². The number of hydrogen-bond acceptors (Lipinski definition) is 3. The predicted molar refractivity (Wildman–Crippen MR) is 88.9 cm³/mol. The summed E-state index contributed by atoms with van der Waals surface area (Å²) in [4.78, 5) is 0. The molecule has 2 aromatic rings. The summed E-state index contributed by atoms with van der Waals surface area (Å²) in [6, 6.07) is 14.3. The Morgan fingerprint density at radius 2 is 1.86 bits per heavy atom. The lowest BCUT2D eigenvalue weighted by molar-refractivity contribution is 0.395. The third-order valence-electron chi connectivity index (χ3n) is 3.46. The van der Waals surface area contributed by atoms with Crippen LogP contribution in [0.1, 0.15) is 24.1 Å². The van der Waals surface area contributed by atoms with E-state index in [-0.39, 0.29) is 6.04 Å². The molecule has 1 N–H and O–H groups in total. The molecule has 112 valence electrons. The summed E-state index contributed by atoms with van der Waals surface area (Å²) in [5, 5.41) is 3.52. The second kappa shape index (κ2) is 7.48. The van der Waals surface area contributed by atoms with Crippen LogP contribution in [0.5, 0.6) is 11.5 Å². The molecule has 2 rings (SSSR count). The van der Waals surface area contributed by atoms with E-state index < -0.39 is 0 Å². The van der Waals surface area contributed by atoms with Crippen molar-refractivity contribution in [3.63, 3.8) is 0 Å². The monoisotopic (exact) mass is 349 g/mol. The standard InChI is InChI=1S/C17H20BrNO2/c1-12(15-6-4-5-7-16(15)18)19-11-13-10-14(20-2)8-9-17(13)21-3/h4-10,12,19H,11H2,1-3H3/t12-/m1/s1. The number of hydrogen-bond donors (Lipinski definition) is 1. The van der Waals surface area contributed by atoms with Crippen LogP contribution >= 0.6 is 15.9 Å². The van der Waals surface area contributed by atoms with Crippen LogP contribution in [-0.4, -0.2) is 14.2 Å². The van der Waals surface area contributed by atoms with Gasteiger partial charge in [-0.1, -0.05) is 34.1 Å². The molecule has 1 atom stereocenters. The van der Waals surface area contributed by atoms with Gasteiger partial charge in [0.05, 0.1) is 14.2 Å². The van der Waals surface area contributed by atoms with Gasteiger partial charge in [0.2, 0.25) is 0 Å². The van der Waals surface area contributed by atoms with Crippen molar-refractivity contribution < 1.29 is 9.47 Å². The zero-order chi connectivity index (χ0) is 15.2. The van der Waals surface area contributed by atoms with E-state index in [1.165, 1.54) is 5.56 Å². The summed E-state index contributed by atoms with van der Waals surface area (Å²) in [7, 11) is 3.35. The van der Waals surface area contributed by atoms with Gasteiger partial charge >= 0.3 is 0 Å². The van der Waals surface area contributed by atoms with Gasteiger partial charge in [0.25, 0.3) is 0 Å². The first kappa shape index (κ1) is 15.9. The minimum atomic E-state index is 0.233. The first-order valence-electron chi connectivity index (χ1n) is 6.84. The van der Waals surface area contributed by atoms with Gasteiger partial charge in [-0.3, -0.25) is 0 Å². The third-order valence-corrected chi connectivity index (χ3v) is 4.18. The lowest BCUT2D eigenvalue weighted by Crippen LogP contribution is -2.19. The Morgan fingerprint density at radius 1 is 1.10 bits per heavy atom. The molecule has 0 bridgehead atoms. The number of methoxy groups -OCH3 is 2. The minimum Gasteiger partial charge on any atom is -0.497 e. The molecule has 0 radical (unpaired) electrons. The Hall–Kier alpha value is -1.52. The first-order chi connectivity index (χ1) is 10.2. The lowest BCUT2D eigenvalue weighted by atomic mass is 10.1. The summed E-state index contributed by atoms with van der Waals surface area (Å²) in [5.41, 5.74) is 2.31. The molecule has 0 saturated carbocycles. The first-order valence-corrected chi connectivity index (χ1v) is 7.63. The van der Waals surface area contributed by atoms with Crippen LogP contribution in [0.4, 0.5) is 0 Å². The molecule has 0 spiro atoms. The van der Waals surface area contributed by atoms with Crippen molar-refractivity contribution in [1.29, 1.82) is 0 Å². The average molecular weight is 350 g/mol. The molecule has 0 aliphatic carbocycles. The maximum absolute atomic E-state index is 5.40. The molecule has 0 aliphatic rings. The highest BCUT2D eigenvalue weighted by Gasteiger charge is 2.10. The van der Waals surface area contributed by atoms with E-state index in [4.69, 9.17) is 9.47 Å². The summed E-state index contributed by atoms with van der Waals surface area (Å²) >= 11 is 3.59. The number of ether oxygens (including phenoxy) is 2. The van der Waals surface area contributed by atoms with Crippen molar-refractivity contribution >= 4 is 15.9 Å². The van der Waals surface area contributed by atoms with Crippen LogP contribution < -0.4 is 14.8 Å². The summed E-state index contributed by atoms with van der Waals surface area (Å²) in [6.45, 7) is 2.86. The van der Waals surface area contributed by atoms with Crippen LogP contribution in [0, 0.1) is 0 Å². The number of nitrogens with one attached hydrogen (secondary N) is 1. The molecule has 0 fully saturated rings. The van der Waals surface area contributed by atoms with E-state index in [0.29, 0.717) is 6.54 Å². The molecule has 4 heteroatoms. The van der Waals surface area contributed by atoms with Gasteiger partial charge < -0.3 is 14.8 Å². The van der Waals surface area contributed by atoms with Gasteiger partial charge in [-0.05, 0) is 36.8 Å². The molecule has 0 heterocycles. The maximum atomic E-state index is 5.40. The normalized spacial score (nSPS) is 12.0. The molecule has 0 amide bonds. The lowest BCUT2D eigenvalue weighted by Gasteiger charge is -2.17. The van der Waals surface area contributed by atoms with Crippen LogP contribution in [0.25, 0.3) is 0 Å². The molecule has 2 aromatic carbocycles. The van der Waals surface area contributed by atoms with Gasteiger partial charge in [-0.15, -0.1) is 0 Å². The number of rotatable bonds is 6. The fourth-order valence-corrected chi connectivity index (χ4v) is 2.85. The Kier molecular flexibility index (Phi) is 5.65. The smallest absolute Gasteiger partial charge is 0.123 e. The molecule has 0 aliphatic heterocycles. The predicted octanol–water partition coefficient (Wildman–Crippen LogP) is 4.32. The van der Waals surface area contributed by atoms with Gasteiger partial charge in [-0.2, -0.15) is 0 Å². The van der Waals surface area contributed by atoms with Gasteiger partial charge in [-0.25, -0.2) is 0 Å². The van der Waals surface area contributed by atoms with E-state index in [0.717, 1.165) is 21.5 Å². The van der Waals surface area contributed by atoms with Crippen LogP contribution in [0.15, 0.2) is 46.9 Å². The fourth-order valence-electron chi connectivity index (χ4n) is 2.22. The van der Waals surface area contributed by atoms with Crippen molar-refractivity contribution in [3.05, 3.63) is 58.1 Å². The maximum Gasteiger partial charge on any atom is 0.123 e.